The Morgan fingerprint density at radius 2 is 2.12 bits per heavy atom. The lowest BCUT2D eigenvalue weighted by molar-refractivity contribution is -0.143. The molecule has 2 rings (SSSR count). The number of ether oxygens (including phenoxy) is 1. The van der Waals surface area contributed by atoms with Gasteiger partial charge in [0.25, 0.3) is 0 Å². The van der Waals surface area contributed by atoms with E-state index in [2.05, 4.69) is 0 Å². The Balaban J connectivity index is 1.85. The molecule has 0 radical (unpaired) electrons. The molecule has 2 saturated heterocycles. The van der Waals surface area contributed by atoms with Crippen molar-refractivity contribution in [1.82, 2.24) is 4.90 Å². The smallest absolute Gasteiger partial charge is 0.228 e. The summed E-state index contributed by atoms with van der Waals surface area (Å²) < 4.78 is 28.4. The van der Waals surface area contributed by atoms with Crippen molar-refractivity contribution in [2.24, 2.45) is 5.92 Å². The van der Waals surface area contributed by atoms with Gasteiger partial charge in [0.1, 0.15) is 0 Å². The van der Waals surface area contributed by atoms with Crippen molar-refractivity contribution >= 4 is 15.7 Å². The van der Waals surface area contributed by atoms with E-state index >= 15 is 0 Å². The predicted octanol–water partition coefficient (Wildman–Crippen LogP) is 0.0585. The van der Waals surface area contributed by atoms with E-state index in [9.17, 15) is 13.2 Å². The molecule has 6 heteroatoms. The highest BCUT2D eigenvalue weighted by atomic mass is 32.2. The van der Waals surface area contributed by atoms with Crippen LogP contribution in [-0.4, -0.2) is 56.5 Å². The Kier molecular flexibility index (Phi) is 3.73. The molecule has 1 amide bonds. The van der Waals surface area contributed by atoms with Crippen LogP contribution in [-0.2, 0) is 19.4 Å². The number of carbonyl (C=O) groups is 1. The lowest BCUT2D eigenvalue weighted by Gasteiger charge is -2.40. The first kappa shape index (κ1) is 12.8. The lowest BCUT2D eigenvalue weighted by Crippen LogP contribution is -2.59. The van der Waals surface area contributed by atoms with E-state index in [0.717, 1.165) is 19.4 Å². The fourth-order valence-corrected chi connectivity index (χ4v) is 3.56. The van der Waals surface area contributed by atoms with Crippen molar-refractivity contribution < 1.29 is 17.9 Å². The Hall–Kier alpha value is -0.620. The van der Waals surface area contributed by atoms with Crippen LogP contribution in [0.25, 0.3) is 0 Å². The normalized spacial score (nSPS) is 26.6. The summed E-state index contributed by atoms with van der Waals surface area (Å²) in [7, 11) is -2.98. The second kappa shape index (κ2) is 4.94. The summed E-state index contributed by atoms with van der Waals surface area (Å²) in [6.45, 7) is 3.60. The minimum Gasteiger partial charge on any atom is -0.381 e. The summed E-state index contributed by atoms with van der Waals surface area (Å²) in [5.74, 6) is 0.160. The Morgan fingerprint density at radius 3 is 2.65 bits per heavy atom. The van der Waals surface area contributed by atoms with E-state index in [1.165, 1.54) is 0 Å². The van der Waals surface area contributed by atoms with Crippen LogP contribution in [0, 0.1) is 5.92 Å². The zero-order valence-electron chi connectivity index (χ0n) is 10.1. The fraction of sp³-hybridized carbons (Fsp3) is 0.909. The largest absolute Gasteiger partial charge is 0.381 e. The van der Waals surface area contributed by atoms with Crippen LogP contribution in [0.4, 0.5) is 0 Å². The van der Waals surface area contributed by atoms with Crippen molar-refractivity contribution in [2.45, 2.75) is 25.0 Å². The first-order valence-electron chi connectivity index (χ1n) is 6.12. The molecule has 0 aromatic heterocycles. The molecular formula is C11H19NO4S. The molecule has 0 aromatic carbocycles. The highest BCUT2D eigenvalue weighted by Crippen LogP contribution is 2.23. The summed E-state index contributed by atoms with van der Waals surface area (Å²) in [4.78, 5) is 13.6. The van der Waals surface area contributed by atoms with Gasteiger partial charge >= 0.3 is 0 Å². The van der Waals surface area contributed by atoms with Gasteiger partial charge in [-0.15, -0.1) is 0 Å². The number of amides is 1. The third-order valence-electron chi connectivity index (χ3n) is 3.58. The average Bonchev–Trinajstić information content (AvgIpc) is 2.28. The van der Waals surface area contributed by atoms with Crippen LogP contribution >= 0.6 is 0 Å². The molecule has 17 heavy (non-hydrogen) atoms. The molecule has 0 unspecified atom stereocenters. The van der Waals surface area contributed by atoms with Gasteiger partial charge in [-0.3, -0.25) is 4.79 Å². The zero-order valence-corrected chi connectivity index (χ0v) is 10.9. The molecule has 1 atom stereocenters. The third-order valence-corrected chi connectivity index (χ3v) is 5.70. The van der Waals surface area contributed by atoms with Gasteiger partial charge < -0.3 is 9.64 Å². The molecule has 5 nitrogen and oxygen atoms in total. The van der Waals surface area contributed by atoms with Crippen LogP contribution in [0.2, 0.25) is 0 Å². The van der Waals surface area contributed by atoms with Crippen LogP contribution < -0.4 is 0 Å². The summed E-state index contributed by atoms with van der Waals surface area (Å²) in [6.07, 6.45) is 1.78. The average molecular weight is 261 g/mol. The Bertz CT molecular complexity index is 380. The quantitative estimate of drug-likeness (QED) is 0.720. The molecule has 2 aliphatic rings. The maximum absolute atomic E-state index is 12.0. The Morgan fingerprint density at radius 1 is 1.41 bits per heavy atom. The summed E-state index contributed by atoms with van der Waals surface area (Å²) >= 11 is 0. The standard InChI is InChI=1S/C11H19NO4S/c1-2-17(14,15)10-6-12(7-10)11(13)9-4-3-5-16-8-9/h9-10H,2-8H2,1H3/t9-/m1/s1. The van der Waals surface area contributed by atoms with E-state index < -0.39 is 9.84 Å². The van der Waals surface area contributed by atoms with Gasteiger partial charge in [0.15, 0.2) is 9.84 Å². The molecule has 2 aliphatic heterocycles. The van der Waals surface area contributed by atoms with Gasteiger partial charge in [-0.1, -0.05) is 6.92 Å². The number of sulfone groups is 1. The van der Waals surface area contributed by atoms with Gasteiger partial charge in [-0.2, -0.15) is 0 Å². The Labute approximate surface area is 102 Å². The highest BCUT2D eigenvalue weighted by molar-refractivity contribution is 7.92. The van der Waals surface area contributed by atoms with Crippen LogP contribution in [0.15, 0.2) is 0 Å². The third kappa shape index (κ3) is 2.63. The van der Waals surface area contributed by atoms with E-state index in [-0.39, 0.29) is 22.8 Å². The zero-order chi connectivity index (χ0) is 12.5. The number of carbonyl (C=O) groups excluding carboxylic acids is 1. The van der Waals surface area contributed by atoms with E-state index in [1.54, 1.807) is 11.8 Å². The van der Waals surface area contributed by atoms with Gasteiger partial charge in [0.2, 0.25) is 5.91 Å². The molecule has 0 aliphatic carbocycles. The predicted molar refractivity (Wildman–Crippen MR) is 63.4 cm³/mol. The topological polar surface area (TPSA) is 63.7 Å². The summed E-state index contributed by atoms with van der Waals surface area (Å²) in [5, 5.41) is -0.346. The number of nitrogens with zero attached hydrogens (tertiary/aromatic N) is 1. The van der Waals surface area contributed by atoms with E-state index in [4.69, 9.17) is 4.74 Å². The van der Waals surface area contributed by atoms with Gasteiger partial charge in [0, 0.05) is 25.4 Å². The number of likely N-dealkylation sites (tertiary alicyclic amines) is 1. The molecule has 98 valence electrons. The molecular weight excluding hydrogens is 242 g/mol. The van der Waals surface area contributed by atoms with Crippen molar-refractivity contribution in [1.29, 1.82) is 0 Å². The first-order chi connectivity index (χ1) is 8.04. The molecule has 0 N–H and O–H groups in total. The summed E-state index contributed by atoms with van der Waals surface area (Å²) in [6, 6.07) is 0. The van der Waals surface area contributed by atoms with Crippen molar-refractivity contribution in [3.63, 3.8) is 0 Å². The number of hydrogen-bond acceptors (Lipinski definition) is 4. The molecule has 0 saturated carbocycles. The van der Waals surface area contributed by atoms with Crippen molar-refractivity contribution in [3.8, 4) is 0 Å². The van der Waals surface area contributed by atoms with Gasteiger partial charge in [-0.25, -0.2) is 8.42 Å². The van der Waals surface area contributed by atoms with Crippen LogP contribution in [0.3, 0.4) is 0 Å². The lowest BCUT2D eigenvalue weighted by atomic mass is 9.99. The van der Waals surface area contributed by atoms with Crippen molar-refractivity contribution in [3.05, 3.63) is 0 Å². The molecule has 0 bridgehead atoms. The van der Waals surface area contributed by atoms with Gasteiger partial charge in [0.05, 0.1) is 17.8 Å². The number of rotatable bonds is 3. The second-order valence-corrected chi connectivity index (χ2v) is 7.30. The van der Waals surface area contributed by atoms with Gasteiger partial charge in [-0.05, 0) is 12.8 Å². The van der Waals surface area contributed by atoms with Crippen molar-refractivity contribution in [2.75, 3.05) is 32.1 Å². The minimum absolute atomic E-state index is 0.0611. The molecule has 2 fully saturated rings. The first-order valence-corrected chi connectivity index (χ1v) is 7.84. The molecule has 0 spiro atoms. The summed E-state index contributed by atoms with van der Waals surface area (Å²) in [5.41, 5.74) is 0. The number of hydrogen-bond donors (Lipinski definition) is 0. The highest BCUT2D eigenvalue weighted by Gasteiger charge is 2.40. The van der Waals surface area contributed by atoms with Crippen LogP contribution in [0.1, 0.15) is 19.8 Å². The van der Waals surface area contributed by atoms with Crippen LogP contribution in [0.5, 0.6) is 0 Å². The second-order valence-electron chi connectivity index (χ2n) is 4.73. The fourth-order valence-electron chi connectivity index (χ4n) is 2.27. The van der Waals surface area contributed by atoms with E-state index in [0.29, 0.717) is 19.7 Å². The SMILES string of the molecule is CCS(=O)(=O)C1CN(C(=O)[C@@H]2CCCOC2)C1. The molecule has 0 aromatic rings. The minimum atomic E-state index is -2.98. The monoisotopic (exact) mass is 261 g/mol. The van der Waals surface area contributed by atoms with E-state index in [1.807, 2.05) is 0 Å². The maximum atomic E-state index is 12.0. The maximum Gasteiger partial charge on any atom is 0.228 e. The molecule has 2 heterocycles.